The number of ether oxygens (including phenoxy) is 2. The number of hydrogen-bond acceptors (Lipinski definition) is 5. The Labute approximate surface area is 273 Å². The highest BCUT2D eigenvalue weighted by Crippen LogP contribution is 2.36. The molecule has 2 aromatic rings. The molecule has 0 saturated carbocycles. The molecule has 2 aliphatic rings. The van der Waals surface area contributed by atoms with Crippen molar-refractivity contribution in [3.8, 4) is 0 Å². The van der Waals surface area contributed by atoms with E-state index in [0.29, 0.717) is 12.8 Å². The van der Waals surface area contributed by atoms with Crippen LogP contribution in [0.2, 0.25) is 0 Å². The molecule has 2 amide bonds. The van der Waals surface area contributed by atoms with Gasteiger partial charge in [0.05, 0.1) is 5.54 Å². The number of carbonyl (C=O) groups excluding carboxylic acids is 2. The number of aliphatic hydroxyl groups excluding tert-OH is 1. The number of fused-ring (bicyclic) bond motifs is 2. The van der Waals surface area contributed by atoms with Gasteiger partial charge in [-0.3, -0.25) is 0 Å². The van der Waals surface area contributed by atoms with E-state index in [-0.39, 0.29) is 12.7 Å². The first kappa shape index (κ1) is 35.1. The summed E-state index contributed by atoms with van der Waals surface area (Å²) in [5.41, 5.74) is 3.17. The highest BCUT2D eigenvalue weighted by molar-refractivity contribution is 9.10. The molecule has 2 aromatic carbocycles. The van der Waals surface area contributed by atoms with Gasteiger partial charge in [0.15, 0.2) is 0 Å². The van der Waals surface area contributed by atoms with Crippen LogP contribution in [-0.4, -0.2) is 46.2 Å². The largest absolute Gasteiger partial charge is 0.444 e. The maximum Gasteiger partial charge on any atom is 0.408 e. The fourth-order valence-corrected chi connectivity index (χ4v) is 6.86. The molecule has 2 atom stereocenters. The molecule has 9 heteroatoms. The summed E-state index contributed by atoms with van der Waals surface area (Å²) in [6, 6.07) is 12.3. The number of nitrogens with one attached hydrogen (secondary N) is 2. The van der Waals surface area contributed by atoms with E-state index in [2.05, 4.69) is 67.3 Å². The van der Waals surface area contributed by atoms with Gasteiger partial charge >= 0.3 is 12.2 Å². The lowest BCUT2D eigenvalue weighted by Gasteiger charge is -2.39. The number of rotatable bonds is 5. The zero-order chi connectivity index (χ0) is 32.1. The summed E-state index contributed by atoms with van der Waals surface area (Å²) in [5.74, 6) is 0. The number of hydrogen-bond donors (Lipinski definition) is 3. The van der Waals surface area contributed by atoms with E-state index >= 15 is 0 Å². The Bertz CT molecular complexity index is 1320. The molecule has 0 saturated heterocycles. The molecule has 43 heavy (non-hydrogen) atoms. The molecule has 0 heterocycles. The van der Waals surface area contributed by atoms with Gasteiger partial charge in [-0.15, -0.1) is 6.58 Å². The lowest BCUT2D eigenvalue weighted by Crippen LogP contribution is -2.53. The Morgan fingerprint density at radius 1 is 0.860 bits per heavy atom. The van der Waals surface area contributed by atoms with Gasteiger partial charge < -0.3 is 25.2 Å². The molecule has 0 bridgehead atoms. The molecule has 0 spiro atoms. The second-order valence-electron chi connectivity index (χ2n) is 13.5. The van der Waals surface area contributed by atoms with Gasteiger partial charge in [0.25, 0.3) is 0 Å². The SMILES string of the molecule is C=CC1(NC(=O)OC(C)(C)C)CCc2c(Br)cccc2C1.CC(C)(C)OC(=O)NC1(CCO)CCc2c(Br)cccc2C1. The fourth-order valence-electron chi connectivity index (χ4n) is 5.65. The predicted octanol–water partition coefficient (Wildman–Crippen LogP) is 7.97. The van der Waals surface area contributed by atoms with Crippen molar-refractivity contribution < 1.29 is 24.2 Å². The molecular formula is C34H46Br2N2O5. The Morgan fingerprint density at radius 2 is 1.35 bits per heavy atom. The first-order chi connectivity index (χ1) is 20.0. The van der Waals surface area contributed by atoms with Crippen molar-refractivity contribution >= 4 is 44.0 Å². The summed E-state index contributed by atoms with van der Waals surface area (Å²) in [6.45, 7) is 15.1. The van der Waals surface area contributed by atoms with Crippen molar-refractivity contribution in [1.29, 1.82) is 0 Å². The van der Waals surface area contributed by atoms with Gasteiger partial charge in [0.2, 0.25) is 0 Å². The monoisotopic (exact) mass is 720 g/mol. The van der Waals surface area contributed by atoms with Crippen LogP contribution < -0.4 is 10.6 Å². The van der Waals surface area contributed by atoms with Gasteiger partial charge in [-0.1, -0.05) is 62.2 Å². The van der Waals surface area contributed by atoms with E-state index in [9.17, 15) is 14.7 Å². The molecule has 3 N–H and O–H groups in total. The van der Waals surface area contributed by atoms with Crippen molar-refractivity contribution in [2.24, 2.45) is 0 Å². The highest BCUT2D eigenvalue weighted by Gasteiger charge is 2.37. The zero-order valence-corrected chi connectivity index (χ0v) is 29.4. The van der Waals surface area contributed by atoms with Gasteiger partial charge in [-0.2, -0.15) is 0 Å². The molecule has 0 aliphatic heterocycles. The average Bonchev–Trinajstić information content (AvgIpc) is 2.87. The molecule has 4 rings (SSSR count). The molecule has 2 aliphatic carbocycles. The van der Waals surface area contributed by atoms with Crippen molar-refractivity contribution in [3.05, 3.63) is 80.3 Å². The van der Waals surface area contributed by atoms with E-state index in [0.717, 1.165) is 41.0 Å². The summed E-state index contributed by atoms with van der Waals surface area (Å²) in [7, 11) is 0. The standard InChI is InChI=1S/C17H24BrNO3.C17H22BrNO2/c1-16(2,3)22-15(21)19-17(9-10-20)8-7-13-12(11-17)5-4-6-14(13)18;1-5-17(19-15(20)21-16(2,3)4)10-9-13-12(11-17)7-6-8-14(13)18/h4-6,20H,7-11H2,1-3H3,(H,19,21);5-8H,1,9-11H2,2-4H3,(H,19,20). The van der Waals surface area contributed by atoms with E-state index < -0.39 is 28.4 Å². The van der Waals surface area contributed by atoms with Crippen LogP contribution in [0.25, 0.3) is 0 Å². The highest BCUT2D eigenvalue weighted by atomic mass is 79.9. The zero-order valence-electron chi connectivity index (χ0n) is 26.2. The minimum Gasteiger partial charge on any atom is -0.444 e. The second-order valence-corrected chi connectivity index (χ2v) is 15.2. The lowest BCUT2D eigenvalue weighted by molar-refractivity contribution is 0.0419. The smallest absolute Gasteiger partial charge is 0.408 e. The third-order valence-corrected chi connectivity index (χ3v) is 9.12. The van der Waals surface area contributed by atoms with Crippen LogP contribution in [0.1, 0.15) is 83.1 Å². The van der Waals surface area contributed by atoms with E-state index in [4.69, 9.17) is 9.47 Å². The van der Waals surface area contributed by atoms with Crippen LogP contribution in [0.5, 0.6) is 0 Å². The number of aliphatic hydroxyl groups is 1. The van der Waals surface area contributed by atoms with E-state index in [1.165, 1.54) is 22.3 Å². The summed E-state index contributed by atoms with van der Waals surface area (Å²) >= 11 is 7.18. The normalized spacial score (nSPS) is 21.2. The minimum atomic E-state index is -0.528. The van der Waals surface area contributed by atoms with Gasteiger partial charge in [-0.05, 0) is 121 Å². The van der Waals surface area contributed by atoms with Crippen LogP contribution >= 0.6 is 31.9 Å². The third kappa shape index (κ3) is 10.1. The number of halogens is 2. The molecule has 0 aromatic heterocycles. The van der Waals surface area contributed by atoms with Crippen LogP contribution in [0.3, 0.4) is 0 Å². The first-order valence-electron chi connectivity index (χ1n) is 14.8. The van der Waals surface area contributed by atoms with Crippen LogP contribution in [-0.2, 0) is 35.2 Å². The topological polar surface area (TPSA) is 96.9 Å². The predicted molar refractivity (Wildman–Crippen MR) is 178 cm³/mol. The molecule has 0 radical (unpaired) electrons. The lowest BCUT2D eigenvalue weighted by atomic mass is 9.76. The summed E-state index contributed by atoms with van der Waals surface area (Å²) in [4.78, 5) is 24.2. The summed E-state index contributed by atoms with van der Waals surface area (Å²) < 4.78 is 13.0. The first-order valence-corrected chi connectivity index (χ1v) is 16.4. The fraction of sp³-hybridized carbons (Fsp3) is 0.529. The average molecular weight is 723 g/mol. The Balaban J connectivity index is 0.000000236. The van der Waals surface area contributed by atoms with Crippen molar-refractivity contribution in [1.82, 2.24) is 10.6 Å². The number of benzene rings is 2. The second kappa shape index (κ2) is 14.2. The Morgan fingerprint density at radius 3 is 1.84 bits per heavy atom. The van der Waals surface area contributed by atoms with Crippen molar-refractivity contribution in [2.75, 3.05) is 6.61 Å². The maximum absolute atomic E-state index is 12.2. The van der Waals surface area contributed by atoms with Crippen molar-refractivity contribution in [3.63, 3.8) is 0 Å². The van der Waals surface area contributed by atoms with Crippen molar-refractivity contribution in [2.45, 2.75) is 109 Å². The number of amides is 2. The van der Waals surface area contributed by atoms with Gasteiger partial charge in [0.1, 0.15) is 11.2 Å². The number of carbonyl (C=O) groups is 2. The van der Waals surface area contributed by atoms with Crippen LogP contribution in [0.15, 0.2) is 58.0 Å². The molecule has 0 fully saturated rings. The summed E-state index contributed by atoms with van der Waals surface area (Å²) in [5, 5.41) is 15.4. The Kier molecular flexibility index (Phi) is 11.6. The summed E-state index contributed by atoms with van der Waals surface area (Å²) in [6.07, 6.45) is 6.39. The molecule has 2 unspecified atom stereocenters. The quantitative estimate of drug-likeness (QED) is 0.272. The van der Waals surface area contributed by atoms with Crippen LogP contribution in [0.4, 0.5) is 9.59 Å². The number of alkyl carbamates (subject to hydrolysis) is 2. The molecule has 7 nitrogen and oxygen atoms in total. The third-order valence-electron chi connectivity index (χ3n) is 7.64. The molecular weight excluding hydrogens is 676 g/mol. The van der Waals surface area contributed by atoms with E-state index in [1.807, 2.05) is 65.8 Å². The Hall–Kier alpha value is -2.36. The van der Waals surface area contributed by atoms with Crippen LogP contribution in [0, 0.1) is 0 Å². The van der Waals surface area contributed by atoms with E-state index in [1.54, 1.807) is 0 Å². The van der Waals surface area contributed by atoms with Gasteiger partial charge in [-0.25, -0.2) is 9.59 Å². The maximum atomic E-state index is 12.2. The van der Waals surface area contributed by atoms with Gasteiger partial charge in [0, 0.05) is 21.1 Å². The molecule has 236 valence electrons. The minimum absolute atomic E-state index is 0.0408.